The van der Waals surface area contributed by atoms with Crippen molar-refractivity contribution in [3.63, 3.8) is 0 Å². The zero-order valence-corrected chi connectivity index (χ0v) is 13.7. The van der Waals surface area contributed by atoms with Crippen molar-refractivity contribution < 1.29 is 9.59 Å². The highest BCUT2D eigenvalue weighted by molar-refractivity contribution is 6.07. The summed E-state index contributed by atoms with van der Waals surface area (Å²) >= 11 is 0. The molecule has 0 bridgehead atoms. The van der Waals surface area contributed by atoms with Crippen LogP contribution >= 0.6 is 0 Å². The molecule has 22 heavy (non-hydrogen) atoms. The van der Waals surface area contributed by atoms with Crippen molar-refractivity contribution in [2.45, 2.75) is 47.1 Å². The van der Waals surface area contributed by atoms with Crippen LogP contribution < -0.4 is 5.32 Å². The molecular formula is C16H22N4O2. The number of H-pyrrole nitrogens is 1. The highest BCUT2D eigenvalue weighted by Gasteiger charge is 2.21. The van der Waals surface area contributed by atoms with Gasteiger partial charge in [-0.1, -0.05) is 6.92 Å². The summed E-state index contributed by atoms with van der Waals surface area (Å²) in [6.45, 7) is 9.18. The van der Waals surface area contributed by atoms with Gasteiger partial charge in [0.15, 0.2) is 5.78 Å². The molecule has 1 atom stereocenters. The summed E-state index contributed by atoms with van der Waals surface area (Å²) in [6.07, 6.45) is 2.58. The molecule has 0 aliphatic heterocycles. The Morgan fingerprint density at radius 1 is 1.41 bits per heavy atom. The number of amides is 1. The van der Waals surface area contributed by atoms with E-state index in [1.54, 1.807) is 30.8 Å². The predicted octanol–water partition coefficient (Wildman–Crippen LogP) is 3.25. The lowest BCUT2D eigenvalue weighted by Crippen LogP contribution is -2.18. The van der Waals surface area contributed by atoms with Gasteiger partial charge in [-0.25, -0.2) is 4.68 Å². The van der Waals surface area contributed by atoms with Crippen molar-refractivity contribution in [1.29, 1.82) is 0 Å². The van der Waals surface area contributed by atoms with Gasteiger partial charge < -0.3 is 10.3 Å². The van der Waals surface area contributed by atoms with Crippen LogP contribution in [0, 0.1) is 13.8 Å². The van der Waals surface area contributed by atoms with Gasteiger partial charge in [0.25, 0.3) is 5.91 Å². The summed E-state index contributed by atoms with van der Waals surface area (Å²) in [7, 11) is 0. The molecule has 0 saturated carbocycles. The average Bonchev–Trinajstić information content (AvgIpc) is 3.02. The fraction of sp³-hybridized carbons (Fsp3) is 0.438. The number of Topliss-reactive ketones (excluding diaryl/α,β-unsaturated/α-hetero) is 1. The summed E-state index contributed by atoms with van der Waals surface area (Å²) in [5.74, 6) is 0.337. The Labute approximate surface area is 129 Å². The minimum atomic E-state index is -0.266. The van der Waals surface area contributed by atoms with Crippen molar-refractivity contribution in [2.24, 2.45) is 0 Å². The average molecular weight is 302 g/mol. The van der Waals surface area contributed by atoms with E-state index in [0.717, 1.165) is 6.42 Å². The molecular weight excluding hydrogens is 280 g/mol. The second kappa shape index (κ2) is 6.17. The second-order valence-electron chi connectivity index (χ2n) is 5.55. The number of rotatable bonds is 5. The topological polar surface area (TPSA) is 79.8 Å². The molecule has 118 valence electrons. The molecule has 2 aromatic rings. The normalized spacial score (nSPS) is 12.2. The van der Waals surface area contributed by atoms with Gasteiger partial charge in [0.2, 0.25) is 0 Å². The Hall–Kier alpha value is -2.37. The molecule has 0 aliphatic carbocycles. The second-order valence-corrected chi connectivity index (χ2v) is 5.55. The Morgan fingerprint density at radius 3 is 2.64 bits per heavy atom. The van der Waals surface area contributed by atoms with Crippen LogP contribution in [0.1, 0.15) is 65.3 Å². The molecule has 0 radical (unpaired) electrons. The zero-order valence-electron chi connectivity index (χ0n) is 13.7. The number of hydrogen-bond donors (Lipinski definition) is 2. The lowest BCUT2D eigenvalue weighted by Gasteiger charge is -2.14. The number of aromatic amines is 1. The smallest absolute Gasteiger partial charge is 0.273 e. The highest BCUT2D eigenvalue weighted by atomic mass is 16.2. The number of ketones is 1. The maximum Gasteiger partial charge on any atom is 0.273 e. The van der Waals surface area contributed by atoms with Gasteiger partial charge in [-0.15, -0.1) is 0 Å². The molecule has 0 aromatic carbocycles. The lowest BCUT2D eigenvalue weighted by atomic mass is 10.1. The van der Waals surface area contributed by atoms with Gasteiger partial charge in [-0.2, -0.15) is 5.10 Å². The minimum absolute atomic E-state index is 0.0463. The van der Waals surface area contributed by atoms with E-state index in [0.29, 0.717) is 28.3 Å². The number of carbonyl (C=O) groups is 2. The number of aryl methyl sites for hydroxylation is 1. The summed E-state index contributed by atoms with van der Waals surface area (Å²) in [5.41, 5.74) is 2.39. The quantitative estimate of drug-likeness (QED) is 0.832. The first-order chi connectivity index (χ1) is 10.4. The summed E-state index contributed by atoms with van der Waals surface area (Å²) < 4.78 is 1.79. The van der Waals surface area contributed by atoms with Crippen molar-refractivity contribution in [1.82, 2.24) is 14.8 Å². The van der Waals surface area contributed by atoms with E-state index >= 15 is 0 Å². The van der Waals surface area contributed by atoms with Crippen LogP contribution in [-0.2, 0) is 0 Å². The molecule has 2 heterocycles. The summed E-state index contributed by atoms with van der Waals surface area (Å²) in [6, 6.07) is 1.96. The standard InChI is InChI=1S/C16H22N4O2/c1-6-9(2)20-13(7-8-17-20)19-16(22)15-10(3)14(12(5)21)11(4)18-15/h7-9,18H,6H2,1-5H3,(H,19,22). The van der Waals surface area contributed by atoms with Crippen LogP contribution in [0.3, 0.4) is 0 Å². The van der Waals surface area contributed by atoms with Crippen molar-refractivity contribution >= 4 is 17.5 Å². The molecule has 6 nitrogen and oxygen atoms in total. The molecule has 0 spiro atoms. The number of aromatic nitrogens is 3. The lowest BCUT2D eigenvalue weighted by molar-refractivity contribution is 0.101. The molecule has 0 fully saturated rings. The molecule has 2 rings (SSSR count). The Balaban J connectivity index is 2.29. The number of carbonyl (C=O) groups excluding carboxylic acids is 2. The number of hydrogen-bond acceptors (Lipinski definition) is 3. The SMILES string of the molecule is CCC(C)n1nccc1NC(=O)c1[nH]c(C)c(C(C)=O)c1C. The molecule has 0 saturated heterocycles. The molecule has 1 unspecified atom stereocenters. The first kappa shape index (κ1) is 16.0. The first-order valence-corrected chi connectivity index (χ1v) is 7.41. The van der Waals surface area contributed by atoms with E-state index in [1.165, 1.54) is 6.92 Å². The van der Waals surface area contributed by atoms with Crippen molar-refractivity contribution in [3.05, 3.63) is 34.8 Å². The largest absolute Gasteiger partial charge is 0.354 e. The third-order valence-corrected chi connectivity index (χ3v) is 3.94. The monoisotopic (exact) mass is 302 g/mol. The summed E-state index contributed by atoms with van der Waals surface area (Å²) in [5, 5.41) is 7.11. The van der Waals surface area contributed by atoms with Crippen LogP contribution in [0.4, 0.5) is 5.82 Å². The molecule has 2 aromatic heterocycles. The number of nitrogens with one attached hydrogen (secondary N) is 2. The molecule has 6 heteroatoms. The van der Waals surface area contributed by atoms with Crippen molar-refractivity contribution in [2.75, 3.05) is 5.32 Å². The Bertz CT molecular complexity index is 712. The zero-order chi connectivity index (χ0) is 16.4. The van der Waals surface area contributed by atoms with Gasteiger partial charge in [0.05, 0.1) is 12.2 Å². The van der Waals surface area contributed by atoms with Gasteiger partial charge >= 0.3 is 0 Å². The predicted molar refractivity (Wildman–Crippen MR) is 85.5 cm³/mol. The maximum absolute atomic E-state index is 12.5. The van der Waals surface area contributed by atoms with E-state index in [4.69, 9.17) is 0 Å². The number of anilines is 1. The van der Waals surface area contributed by atoms with Crippen LogP contribution in [-0.4, -0.2) is 26.5 Å². The van der Waals surface area contributed by atoms with Gasteiger partial charge in [0.1, 0.15) is 11.5 Å². The van der Waals surface area contributed by atoms with Crippen LogP contribution in [0.2, 0.25) is 0 Å². The third kappa shape index (κ3) is 2.81. The van der Waals surface area contributed by atoms with Crippen LogP contribution in [0.5, 0.6) is 0 Å². The number of nitrogens with zero attached hydrogens (tertiary/aromatic N) is 2. The highest BCUT2D eigenvalue weighted by Crippen LogP contribution is 2.21. The van der Waals surface area contributed by atoms with Crippen molar-refractivity contribution in [3.8, 4) is 0 Å². The maximum atomic E-state index is 12.5. The Kier molecular flexibility index (Phi) is 4.49. The first-order valence-electron chi connectivity index (χ1n) is 7.41. The minimum Gasteiger partial charge on any atom is -0.354 e. The summed E-state index contributed by atoms with van der Waals surface area (Å²) in [4.78, 5) is 27.2. The van der Waals surface area contributed by atoms with E-state index < -0.39 is 0 Å². The van der Waals surface area contributed by atoms with E-state index in [1.807, 2.05) is 6.92 Å². The fourth-order valence-corrected chi connectivity index (χ4v) is 2.62. The fourth-order valence-electron chi connectivity index (χ4n) is 2.62. The van der Waals surface area contributed by atoms with Gasteiger partial charge in [-0.3, -0.25) is 9.59 Å². The van der Waals surface area contributed by atoms with Crippen LogP contribution in [0.15, 0.2) is 12.3 Å². The van der Waals surface area contributed by atoms with E-state index in [9.17, 15) is 9.59 Å². The van der Waals surface area contributed by atoms with E-state index in [-0.39, 0.29) is 17.7 Å². The van der Waals surface area contributed by atoms with E-state index in [2.05, 4.69) is 22.3 Å². The Morgan fingerprint density at radius 2 is 2.09 bits per heavy atom. The van der Waals surface area contributed by atoms with Gasteiger partial charge in [0, 0.05) is 17.3 Å². The van der Waals surface area contributed by atoms with Gasteiger partial charge in [-0.05, 0) is 39.7 Å². The molecule has 1 amide bonds. The van der Waals surface area contributed by atoms with Crippen LogP contribution in [0.25, 0.3) is 0 Å². The molecule has 0 aliphatic rings. The molecule has 2 N–H and O–H groups in total. The third-order valence-electron chi connectivity index (χ3n) is 3.94.